The minimum Gasteiger partial charge on any atom is -0.392 e. The summed E-state index contributed by atoms with van der Waals surface area (Å²) >= 11 is 0. The fourth-order valence-corrected chi connectivity index (χ4v) is 2.57. The van der Waals surface area contributed by atoms with Gasteiger partial charge in [-0.25, -0.2) is 4.79 Å². The van der Waals surface area contributed by atoms with E-state index in [0.717, 1.165) is 6.42 Å². The van der Waals surface area contributed by atoms with Crippen LogP contribution in [-0.2, 0) is 6.42 Å². The molecule has 2 aromatic rings. The summed E-state index contributed by atoms with van der Waals surface area (Å²) in [5.74, 6) is 0. The number of aliphatic hydroxyl groups excluding tert-OH is 1. The zero-order chi connectivity index (χ0) is 16.1. The van der Waals surface area contributed by atoms with Crippen molar-refractivity contribution in [3.8, 4) is 0 Å². The van der Waals surface area contributed by atoms with E-state index in [1.807, 2.05) is 19.1 Å². The molecule has 2 N–H and O–H groups in total. The molecular weight excluding hydrogens is 276 g/mol. The number of benzene rings is 2. The molecule has 0 aliphatic rings. The summed E-state index contributed by atoms with van der Waals surface area (Å²) in [6, 6.07) is 14.5. The van der Waals surface area contributed by atoms with Gasteiger partial charge >= 0.3 is 6.03 Å². The number of carbonyl (C=O) groups excluding carboxylic acids is 1. The molecule has 2 amide bonds. The molecule has 118 valence electrons. The van der Waals surface area contributed by atoms with Gasteiger partial charge in [-0.05, 0) is 36.6 Å². The number of hydrogen-bond acceptors (Lipinski definition) is 2. The monoisotopic (exact) mass is 300 g/mol. The maximum Gasteiger partial charge on any atom is 0.317 e. The Kier molecular flexibility index (Phi) is 5.39. The van der Waals surface area contributed by atoms with Gasteiger partial charge in [-0.15, -0.1) is 0 Å². The van der Waals surface area contributed by atoms with Crippen LogP contribution in [0.4, 0.5) is 4.79 Å². The minimum absolute atomic E-state index is 0.0325. The maximum atomic E-state index is 12.0. The Bertz CT molecular complexity index is 640. The van der Waals surface area contributed by atoms with Crippen LogP contribution in [-0.4, -0.2) is 41.8 Å². The van der Waals surface area contributed by atoms with Crippen molar-refractivity contribution in [3.63, 3.8) is 0 Å². The number of nitrogens with one attached hydrogen (secondary N) is 1. The number of rotatable bonds is 5. The van der Waals surface area contributed by atoms with Crippen molar-refractivity contribution in [1.82, 2.24) is 10.2 Å². The van der Waals surface area contributed by atoms with E-state index in [1.165, 1.54) is 21.2 Å². The van der Waals surface area contributed by atoms with Gasteiger partial charge in [0.15, 0.2) is 0 Å². The van der Waals surface area contributed by atoms with Crippen molar-refractivity contribution in [2.75, 3.05) is 13.6 Å². The van der Waals surface area contributed by atoms with Crippen molar-refractivity contribution in [1.29, 1.82) is 0 Å². The van der Waals surface area contributed by atoms with Gasteiger partial charge in [0.05, 0.1) is 6.10 Å². The smallest absolute Gasteiger partial charge is 0.317 e. The first-order chi connectivity index (χ1) is 10.5. The van der Waals surface area contributed by atoms with Gasteiger partial charge in [-0.3, -0.25) is 0 Å². The van der Waals surface area contributed by atoms with Crippen LogP contribution in [0.1, 0.15) is 19.4 Å². The number of carbonyl (C=O) groups is 1. The van der Waals surface area contributed by atoms with Crippen molar-refractivity contribution in [2.24, 2.45) is 0 Å². The molecule has 22 heavy (non-hydrogen) atoms. The fourth-order valence-electron chi connectivity index (χ4n) is 2.57. The van der Waals surface area contributed by atoms with Crippen LogP contribution in [0.25, 0.3) is 10.8 Å². The van der Waals surface area contributed by atoms with Crippen LogP contribution in [0.3, 0.4) is 0 Å². The Morgan fingerprint density at radius 1 is 1.18 bits per heavy atom. The zero-order valence-electron chi connectivity index (χ0n) is 13.4. The molecule has 2 rings (SSSR count). The van der Waals surface area contributed by atoms with Crippen LogP contribution in [0, 0.1) is 0 Å². The van der Waals surface area contributed by atoms with Gasteiger partial charge in [0.1, 0.15) is 0 Å². The molecule has 0 heterocycles. The number of urea groups is 1. The summed E-state index contributed by atoms with van der Waals surface area (Å²) in [4.78, 5) is 13.5. The second-order valence-electron chi connectivity index (χ2n) is 5.97. The quantitative estimate of drug-likeness (QED) is 0.892. The molecule has 2 aromatic carbocycles. The third kappa shape index (κ3) is 4.46. The topological polar surface area (TPSA) is 52.6 Å². The van der Waals surface area contributed by atoms with E-state index in [9.17, 15) is 9.90 Å². The normalized spacial score (nSPS) is 13.6. The fraction of sp³-hybridized carbons (Fsp3) is 0.389. The number of aliphatic hydroxyl groups is 1. The minimum atomic E-state index is -0.522. The molecule has 0 saturated heterocycles. The van der Waals surface area contributed by atoms with E-state index >= 15 is 0 Å². The highest BCUT2D eigenvalue weighted by Gasteiger charge is 2.13. The number of likely N-dealkylation sites (N-methyl/N-ethyl adjacent to an activating group) is 1. The molecule has 0 saturated carbocycles. The first-order valence-corrected chi connectivity index (χ1v) is 7.63. The van der Waals surface area contributed by atoms with Gasteiger partial charge in [0.2, 0.25) is 0 Å². The maximum absolute atomic E-state index is 12.0. The summed E-state index contributed by atoms with van der Waals surface area (Å²) in [5.41, 5.74) is 1.20. The van der Waals surface area contributed by atoms with Gasteiger partial charge < -0.3 is 15.3 Å². The Balaban J connectivity index is 1.95. The van der Waals surface area contributed by atoms with Crippen molar-refractivity contribution >= 4 is 16.8 Å². The molecule has 4 heteroatoms. The van der Waals surface area contributed by atoms with Crippen molar-refractivity contribution < 1.29 is 9.90 Å². The molecule has 2 atom stereocenters. The molecule has 0 aliphatic heterocycles. The molecule has 0 aliphatic carbocycles. The lowest BCUT2D eigenvalue weighted by molar-refractivity contribution is 0.142. The van der Waals surface area contributed by atoms with Crippen molar-refractivity contribution in [2.45, 2.75) is 32.4 Å². The highest BCUT2D eigenvalue weighted by atomic mass is 16.3. The van der Waals surface area contributed by atoms with E-state index in [4.69, 9.17) is 0 Å². The molecule has 0 aromatic heterocycles. The van der Waals surface area contributed by atoms with E-state index in [2.05, 4.69) is 35.6 Å². The molecule has 4 nitrogen and oxygen atoms in total. The molecule has 0 unspecified atom stereocenters. The van der Waals surface area contributed by atoms with Gasteiger partial charge in [0.25, 0.3) is 0 Å². The molecule has 0 spiro atoms. The Labute approximate surface area is 131 Å². The average molecular weight is 300 g/mol. The third-order valence-corrected chi connectivity index (χ3v) is 3.61. The van der Waals surface area contributed by atoms with E-state index in [0.29, 0.717) is 6.54 Å². The van der Waals surface area contributed by atoms with Gasteiger partial charge in [0, 0.05) is 19.6 Å². The summed E-state index contributed by atoms with van der Waals surface area (Å²) in [7, 11) is 1.69. The number of nitrogens with zero attached hydrogens (tertiary/aromatic N) is 1. The first kappa shape index (κ1) is 16.3. The lowest BCUT2D eigenvalue weighted by Crippen LogP contribution is -2.44. The highest BCUT2D eigenvalue weighted by molar-refractivity contribution is 5.83. The summed E-state index contributed by atoms with van der Waals surface area (Å²) in [6.45, 7) is 3.99. The lowest BCUT2D eigenvalue weighted by Gasteiger charge is -2.22. The Morgan fingerprint density at radius 2 is 1.86 bits per heavy atom. The second-order valence-corrected chi connectivity index (χ2v) is 5.97. The molecule has 0 bridgehead atoms. The number of amides is 2. The Morgan fingerprint density at radius 3 is 2.55 bits per heavy atom. The summed E-state index contributed by atoms with van der Waals surface area (Å²) in [6.07, 6.45) is 0.255. The van der Waals surface area contributed by atoms with E-state index in [1.54, 1.807) is 14.0 Å². The SMILES string of the molecule is C[C@@H](O)CN(C)C(=O)N[C@@H](C)Cc1ccc2ccccc2c1. The average Bonchev–Trinajstić information content (AvgIpc) is 2.46. The zero-order valence-corrected chi connectivity index (χ0v) is 13.4. The van der Waals surface area contributed by atoms with Crippen LogP contribution in [0.2, 0.25) is 0 Å². The lowest BCUT2D eigenvalue weighted by atomic mass is 10.0. The van der Waals surface area contributed by atoms with Crippen LogP contribution in [0.5, 0.6) is 0 Å². The van der Waals surface area contributed by atoms with Gasteiger partial charge in [-0.1, -0.05) is 42.5 Å². The summed E-state index contributed by atoms with van der Waals surface area (Å²) < 4.78 is 0. The Hall–Kier alpha value is -2.07. The number of fused-ring (bicyclic) bond motifs is 1. The van der Waals surface area contributed by atoms with Crippen LogP contribution < -0.4 is 5.32 Å². The second kappa shape index (κ2) is 7.27. The van der Waals surface area contributed by atoms with Crippen LogP contribution >= 0.6 is 0 Å². The van der Waals surface area contributed by atoms with E-state index in [-0.39, 0.29) is 12.1 Å². The highest BCUT2D eigenvalue weighted by Crippen LogP contribution is 2.16. The van der Waals surface area contributed by atoms with E-state index < -0.39 is 6.10 Å². The largest absolute Gasteiger partial charge is 0.392 e. The summed E-state index contributed by atoms with van der Waals surface area (Å²) in [5, 5.41) is 14.7. The molecule has 0 radical (unpaired) electrons. The van der Waals surface area contributed by atoms with Crippen molar-refractivity contribution in [3.05, 3.63) is 48.0 Å². The molecule has 0 fully saturated rings. The standard InChI is InChI=1S/C18H24N2O2/c1-13(19-18(22)20(3)12-14(2)21)10-15-8-9-16-6-4-5-7-17(16)11-15/h4-9,11,13-14,21H,10,12H2,1-3H3,(H,19,22)/t13-,14+/m0/s1. The van der Waals surface area contributed by atoms with Gasteiger partial charge in [-0.2, -0.15) is 0 Å². The number of hydrogen-bond donors (Lipinski definition) is 2. The third-order valence-electron chi connectivity index (χ3n) is 3.61. The molecular formula is C18H24N2O2. The predicted molar refractivity (Wildman–Crippen MR) is 90.0 cm³/mol. The predicted octanol–water partition coefficient (Wildman–Crippen LogP) is 2.79. The van der Waals surface area contributed by atoms with Crippen LogP contribution in [0.15, 0.2) is 42.5 Å². The first-order valence-electron chi connectivity index (χ1n) is 7.63.